The summed E-state index contributed by atoms with van der Waals surface area (Å²) in [6.45, 7) is 4.56. The highest BCUT2D eigenvalue weighted by Gasteiger charge is 2.27. The molecule has 2 aromatic carbocycles. The predicted octanol–water partition coefficient (Wildman–Crippen LogP) is 4.51. The van der Waals surface area contributed by atoms with Gasteiger partial charge in [0, 0.05) is 13.1 Å². The van der Waals surface area contributed by atoms with Gasteiger partial charge in [0.1, 0.15) is 0 Å². The molecule has 0 unspecified atom stereocenters. The van der Waals surface area contributed by atoms with Gasteiger partial charge in [-0.05, 0) is 40.7 Å². The van der Waals surface area contributed by atoms with Crippen LogP contribution >= 0.6 is 0 Å². The minimum atomic E-state index is 0.539. The van der Waals surface area contributed by atoms with Crippen molar-refractivity contribution in [3.8, 4) is 0 Å². The fourth-order valence-corrected chi connectivity index (χ4v) is 3.26. The molecule has 0 aliphatic heterocycles. The second kappa shape index (κ2) is 5.34. The smallest absolute Gasteiger partial charge is 0.0205 e. The zero-order chi connectivity index (χ0) is 13.1. The molecule has 0 atom stereocenters. The molecule has 1 fully saturated rings. The predicted molar refractivity (Wildman–Crippen MR) is 82.2 cm³/mol. The molecule has 2 aromatic rings. The van der Waals surface area contributed by atoms with Crippen molar-refractivity contribution in [2.75, 3.05) is 6.54 Å². The summed E-state index contributed by atoms with van der Waals surface area (Å²) in [6, 6.07) is 15.3. The number of fused-ring (bicyclic) bond motifs is 1. The highest BCUT2D eigenvalue weighted by Crippen LogP contribution is 2.36. The Morgan fingerprint density at radius 3 is 2.53 bits per heavy atom. The minimum Gasteiger partial charge on any atom is -0.312 e. The van der Waals surface area contributed by atoms with Crippen LogP contribution in [0.25, 0.3) is 10.8 Å². The molecule has 0 saturated heterocycles. The molecule has 1 saturated carbocycles. The molecular formula is C18H23N. The van der Waals surface area contributed by atoms with E-state index in [1.54, 1.807) is 0 Å². The molecule has 100 valence electrons. The summed E-state index contributed by atoms with van der Waals surface area (Å²) in [6.07, 6.45) is 5.59. The van der Waals surface area contributed by atoms with Crippen molar-refractivity contribution in [1.82, 2.24) is 5.32 Å². The largest absolute Gasteiger partial charge is 0.312 e. The van der Waals surface area contributed by atoms with Crippen molar-refractivity contribution in [2.24, 2.45) is 5.41 Å². The lowest BCUT2D eigenvalue weighted by Crippen LogP contribution is -2.29. The topological polar surface area (TPSA) is 12.0 Å². The Labute approximate surface area is 116 Å². The molecule has 0 heterocycles. The van der Waals surface area contributed by atoms with Crippen LogP contribution in [-0.4, -0.2) is 6.54 Å². The van der Waals surface area contributed by atoms with Crippen LogP contribution in [0.1, 0.15) is 38.2 Å². The number of rotatable bonds is 4. The zero-order valence-electron chi connectivity index (χ0n) is 11.8. The van der Waals surface area contributed by atoms with E-state index in [9.17, 15) is 0 Å². The van der Waals surface area contributed by atoms with Gasteiger partial charge in [-0.2, -0.15) is 0 Å². The molecular weight excluding hydrogens is 230 g/mol. The first-order valence-electron chi connectivity index (χ1n) is 7.44. The molecule has 1 nitrogen and oxygen atoms in total. The van der Waals surface area contributed by atoms with Gasteiger partial charge < -0.3 is 5.32 Å². The number of benzene rings is 2. The first-order valence-corrected chi connectivity index (χ1v) is 7.44. The normalized spacial score (nSPS) is 17.9. The van der Waals surface area contributed by atoms with Gasteiger partial charge in [-0.25, -0.2) is 0 Å². The van der Waals surface area contributed by atoms with Gasteiger partial charge in [0.05, 0.1) is 0 Å². The van der Waals surface area contributed by atoms with Gasteiger partial charge in [-0.15, -0.1) is 0 Å². The molecule has 1 aliphatic carbocycles. The summed E-state index contributed by atoms with van der Waals surface area (Å²) in [5.41, 5.74) is 1.93. The van der Waals surface area contributed by atoms with Crippen LogP contribution in [0.5, 0.6) is 0 Å². The van der Waals surface area contributed by atoms with Crippen molar-refractivity contribution < 1.29 is 0 Å². The van der Waals surface area contributed by atoms with Gasteiger partial charge in [0.25, 0.3) is 0 Å². The molecule has 0 aromatic heterocycles. The highest BCUT2D eigenvalue weighted by atomic mass is 14.9. The summed E-state index contributed by atoms with van der Waals surface area (Å²) in [5.74, 6) is 0. The third-order valence-electron chi connectivity index (χ3n) is 4.51. The monoisotopic (exact) mass is 253 g/mol. The van der Waals surface area contributed by atoms with Crippen molar-refractivity contribution in [1.29, 1.82) is 0 Å². The lowest BCUT2D eigenvalue weighted by atomic mass is 9.89. The third kappa shape index (κ3) is 2.98. The summed E-state index contributed by atoms with van der Waals surface area (Å²) in [5, 5.41) is 6.32. The Morgan fingerprint density at radius 1 is 1.00 bits per heavy atom. The lowest BCUT2D eigenvalue weighted by Gasteiger charge is -2.23. The molecule has 19 heavy (non-hydrogen) atoms. The molecule has 0 spiro atoms. The van der Waals surface area contributed by atoms with E-state index in [0.29, 0.717) is 5.41 Å². The zero-order valence-corrected chi connectivity index (χ0v) is 11.8. The van der Waals surface area contributed by atoms with Crippen LogP contribution in [0.4, 0.5) is 0 Å². The molecule has 1 heteroatoms. The summed E-state index contributed by atoms with van der Waals surface area (Å²) in [7, 11) is 0. The molecule has 0 amide bonds. The van der Waals surface area contributed by atoms with E-state index in [-0.39, 0.29) is 0 Å². The first-order chi connectivity index (χ1) is 9.25. The van der Waals surface area contributed by atoms with Crippen molar-refractivity contribution in [2.45, 2.75) is 39.2 Å². The van der Waals surface area contributed by atoms with E-state index in [2.05, 4.69) is 54.7 Å². The summed E-state index contributed by atoms with van der Waals surface area (Å²) in [4.78, 5) is 0. The maximum Gasteiger partial charge on any atom is 0.0205 e. The van der Waals surface area contributed by atoms with E-state index < -0.39 is 0 Å². The van der Waals surface area contributed by atoms with Crippen molar-refractivity contribution in [3.63, 3.8) is 0 Å². The maximum absolute atomic E-state index is 3.65. The second-order valence-corrected chi connectivity index (χ2v) is 6.30. The number of hydrogen-bond donors (Lipinski definition) is 1. The fourth-order valence-electron chi connectivity index (χ4n) is 3.26. The summed E-state index contributed by atoms with van der Waals surface area (Å²) < 4.78 is 0. The highest BCUT2D eigenvalue weighted by molar-refractivity contribution is 5.82. The van der Waals surface area contributed by atoms with Gasteiger partial charge in [0.2, 0.25) is 0 Å². The molecule has 1 N–H and O–H groups in total. The maximum atomic E-state index is 3.65. The first kappa shape index (κ1) is 12.7. The SMILES string of the molecule is CC1(CNCc2ccc3ccccc3c2)CCCC1. The number of nitrogens with one attached hydrogen (secondary N) is 1. The van der Waals surface area contributed by atoms with E-state index in [0.717, 1.165) is 13.1 Å². The average Bonchev–Trinajstić information content (AvgIpc) is 2.86. The van der Waals surface area contributed by atoms with Crippen molar-refractivity contribution >= 4 is 10.8 Å². The Bertz CT molecular complexity index is 552. The Kier molecular flexibility index (Phi) is 3.56. The van der Waals surface area contributed by atoms with E-state index in [1.807, 2.05) is 0 Å². The van der Waals surface area contributed by atoms with Gasteiger partial charge >= 0.3 is 0 Å². The molecule has 0 radical (unpaired) electrons. The van der Waals surface area contributed by atoms with Crippen LogP contribution in [0, 0.1) is 5.41 Å². The van der Waals surface area contributed by atoms with E-state index in [4.69, 9.17) is 0 Å². The van der Waals surface area contributed by atoms with Crippen LogP contribution < -0.4 is 5.32 Å². The Balaban J connectivity index is 1.62. The van der Waals surface area contributed by atoms with Crippen molar-refractivity contribution in [3.05, 3.63) is 48.0 Å². The van der Waals surface area contributed by atoms with Gasteiger partial charge in [0.15, 0.2) is 0 Å². The minimum absolute atomic E-state index is 0.539. The standard InChI is InChI=1S/C18H23N/c1-18(10-4-5-11-18)14-19-13-15-8-9-16-6-2-3-7-17(16)12-15/h2-3,6-9,12,19H,4-5,10-11,13-14H2,1H3. The van der Waals surface area contributed by atoms with Crippen LogP contribution in [0.3, 0.4) is 0 Å². The molecule has 1 aliphatic rings. The second-order valence-electron chi connectivity index (χ2n) is 6.30. The quantitative estimate of drug-likeness (QED) is 0.845. The average molecular weight is 253 g/mol. The Hall–Kier alpha value is -1.34. The van der Waals surface area contributed by atoms with Gasteiger partial charge in [-0.1, -0.05) is 56.2 Å². The fraction of sp³-hybridized carbons (Fsp3) is 0.444. The third-order valence-corrected chi connectivity index (χ3v) is 4.51. The van der Waals surface area contributed by atoms with E-state index in [1.165, 1.54) is 42.0 Å². The van der Waals surface area contributed by atoms with Crippen LogP contribution in [0.15, 0.2) is 42.5 Å². The molecule has 0 bridgehead atoms. The summed E-state index contributed by atoms with van der Waals surface area (Å²) >= 11 is 0. The van der Waals surface area contributed by atoms with Crippen LogP contribution in [-0.2, 0) is 6.54 Å². The van der Waals surface area contributed by atoms with Gasteiger partial charge in [-0.3, -0.25) is 0 Å². The lowest BCUT2D eigenvalue weighted by molar-refractivity contribution is 0.314. The van der Waals surface area contributed by atoms with E-state index >= 15 is 0 Å². The number of hydrogen-bond acceptors (Lipinski definition) is 1. The molecule has 3 rings (SSSR count). The van der Waals surface area contributed by atoms with Crippen LogP contribution in [0.2, 0.25) is 0 Å². The Morgan fingerprint density at radius 2 is 1.74 bits per heavy atom.